The molecule has 0 radical (unpaired) electrons. The van der Waals surface area contributed by atoms with E-state index in [4.69, 9.17) is 11.6 Å². The highest BCUT2D eigenvalue weighted by atomic mass is 35.5. The van der Waals surface area contributed by atoms with E-state index in [9.17, 15) is 18.0 Å². The average molecular weight is 508 g/mol. The molecule has 2 aromatic rings. The quantitative estimate of drug-likeness (QED) is 0.439. The summed E-state index contributed by atoms with van der Waals surface area (Å²) in [7, 11) is -3.51. The fourth-order valence-electron chi connectivity index (χ4n) is 3.69. The van der Waals surface area contributed by atoms with E-state index in [0.717, 1.165) is 18.2 Å². The van der Waals surface area contributed by atoms with Gasteiger partial charge in [0.05, 0.1) is 11.9 Å². The minimum absolute atomic E-state index is 0.0981. The number of anilines is 1. The Balaban J connectivity index is 2.19. The highest BCUT2D eigenvalue weighted by Crippen LogP contribution is 2.22. The molecule has 186 valence electrons. The zero-order chi connectivity index (χ0) is 25.1. The van der Waals surface area contributed by atoms with Crippen LogP contribution in [0.25, 0.3) is 0 Å². The number of sulfonamides is 1. The number of amides is 2. The van der Waals surface area contributed by atoms with Gasteiger partial charge in [-0.2, -0.15) is 0 Å². The van der Waals surface area contributed by atoms with Crippen molar-refractivity contribution in [2.75, 3.05) is 23.7 Å². The van der Waals surface area contributed by atoms with Crippen LogP contribution in [0.15, 0.2) is 54.6 Å². The number of halogens is 1. The van der Waals surface area contributed by atoms with E-state index in [1.807, 2.05) is 38.1 Å². The van der Waals surface area contributed by atoms with Crippen molar-refractivity contribution in [3.8, 4) is 0 Å². The Labute approximate surface area is 208 Å². The van der Waals surface area contributed by atoms with Gasteiger partial charge in [-0.05, 0) is 43.0 Å². The van der Waals surface area contributed by atoms with Crippen LogP contribution in [0.2, 0.25) is 5.02 Å². The summed E-state index contributed by atoms with van der Waals surface area (Å²) < 4.78 is 26.0. The topological polar surface area (TPSA) is 86.8 Å². The van der Waals surface area contributed by atoms with Gasteiger partial charge < -0.3 is 10.2 Å². The molecule has 0 aliphatic rings. The minimum atomic E-state index is -3.51. The first-order chi connectivity index (χ1) is 16.2. The fourth-order valence-corrected chi connectivity index (χ4v) is 4.85. The average Bonchev–Trinajstić information content (AvgIpc) is 2.81. The Morgan fingerprint density at radius 2 is 1.68 bits per heavy atom. The molecule has 0 bridgehead atoms. The van der Waals surface area contributed by atoms with Crippen molar-refractivity contribution >= 4 is 39.1 Å². The van der Waals surface area contributed by atoms with Gasteiger partial charge in [-0.3, -0.25) is 13.9 Å². The monoisotopic (exact) mass is 507 g/mol. The molecule has 2 amide bonds. The van der Waals surface area contributed by atoms with Crippen LogP contribution >= 0.6 is 11.6 Å². The van der Waals surface area contributed by atoms with Gasteiger partial charge in [0.2, 0.25) is 21.8 Å². The number of carbonyl (C=O) groups is 2. The van der Waals surface area contributed by atoms with Gasteiger partial charge in [-0.1, -0.05) is 61.8 Å². The predicted molar refractivity (Wildman–Crippen MR) is 137 cm³/mol. The lowest BCUT2D eigenvalue weighted by molar-refractivity contribution is -0.141. The number of rotatable bonds is 13. The zero-order valence-electron chi connectivity index (χ0n) is 20.0. The molecule has 0 aliphatic heterocycles. The van der Waals surface area contributed by atoms with Crippen LogP contribution in [0.4, 0.5) is 5.69 Å². The molecule has 0 aliphatic carbocycles. The summed E-state index contributed by atoms with van der Waals surface area (Å²) in [4.78, 5) is 27.7. The first-order valence-corrected chi connectivity index (χ1v) is 13.7. The van der Waals surface area contributed by atoms with Crippen LogP contribution in [-0.4, -0.2) is 50.5 Å². The molecule has 0 heterocycles. The van der Waals surface area contributed by atoms with Crippen molar-refractivity contribution in [2.45, 2.75) is 52.1 Å². The number of carbonyl (C=O) groups excluding carboxylic acids is 2. The van der Waals surface area contributed by atoms with Crippen LogP contribution in [-0.2, 0) is 26.2 Å². The molecule has 1 N–H and O–H groups in total. The molecule has 34 heavy (non-hydrogen) atoms. The van der Waals surface area contributed by atoms with Crippen molar-refractivity contribution in [1.29, 1.82) is 0 Å². The normalized spacial score (nSPS) is 12.1. The van der Waals surface area contributed by atoms with E-state index in [1.165, 1.54) is 4.31 Å². The highest BCUT2D eigenvalue weighted by Gasteiger charge is 2.29. The number of nitrogens with zero attached hydrogens (tertiary/aromatic N) is 2. The summed E-state index contributed by atoms with van der Waals surface area (Å²) in [6.07, 6.45) is 2.80. The number of benzene rings is 2. The van der Waals surface area contributed by atoms with Crippen molar-refractivity contribution in [3.05, 3.63) is 65.2 Å². The molecule has 2 rings (SSSR count). The summed E-state index contributed by atoms with van der Waals surface area (Å²) in [5.74, 6) is -0.424. The highest BCUT2D eigenvalue weighted by molar-refractivity contribution is 7.92. The molecule has 0 saturated heterocycles. The third kappa shape index (κ3) is 8.02. The lowest BCUT2D eigenvalue weighted by Crippen LogP contribution is -2.49. The van der Waals surface area contributed by atoms with Crippen molar-refractivity contribution in [1.82, 2.24) is 10.2 Å². The first kappa shape index (κ1) is 27.7. The van der Waals surface area contributed by atoms with Crippen LogP contribution in [0.5, 0.6) is 0 Å². The second-order valence-corrected chi connectivity index (χ2v) is 10.4. The Morgan fingerprint density at radius 3 is 2.26 bits per heavy atom. The summed E-state index contributed by atoms with van der Waals surface area (Å²) in [6.45, 7) is 4.72. The van der Waals surface area contributed by atoms with E-state index in [-0.39, 0.29) is 31.3 Å². The van der Waals surface area contributed by atoms with Gasteiger partial charge in [-0.15, -0.1) is 0 Å². The molecule has 7 nitrogen and oxygen atoms in total. The summed E-state index contributed by atoms with van der Waals surface area (Å²) in [5, 5.41) is 3.41. The minimum Gasteiger partial charge on any atom is -0.354 e. The van der Waals surface area contributed by atoms with E-state index in [1.54, 1.807) is 35.2 Å². The largest absolute Gasteiger partial charge is 0.354 e. The Morgan fingerprint density at radius 1 is 1.03 bits per heavy atom. The molecule has 0 fully saturated rings. The van der Waals surface area contributed by atoms with Crippen molar-refractivity contribution in [2.24, 2.45) is 0 Å². The van der Waals surface area contributed by atoms with Gasteiger partial charge in [0.1, 0.15) is 6.04 Å². The molecular weight excluding hydrogens is 474 g/mol. The standard InChI is InChI=1S/C25H34ClN3O4S/c1-4-17-27-25(31)23(5-2)28(19-20-12-9-10-15-22(20)26)24(30)16-11-18-29(34(3,32)33)21-13-7-6-8-14-21/h6-10,12-15,23H,4-5,11,16-19H2,1-3H3,(H,27,31)/t23-/m0/s1. The third-order valence-corrected chi connectivity index (χ3v) is 6.99. The fraction of sp³-hybridized carbons (Fsp3) is 0.440. The molecular formula is C25H34ClN3O4S. The van der Waals surface area contributed by atoms with Crippen LogP contribution < -0.4 is 9.62 Å². The molecule has 0 unspecified atom stereocenters. The van der Waals surface area contributed by atoms with E-state index in [0.29, 0.717) is 30.1 Å². The smallest absolute Gasteiger partial charge is 0.242 e. The van der Waals surface area contributed by atoms with Gasteiger partial charge >= 0.3 is 0 Å². The summed E-state index contributed by atoms with van der Waals surface area (Å²) in [6, 6.07) is 15.4. The molecule has 0 aromatic heterocycles. The van der Waals surface area contributed by atoms with Crippen LogP contribution in [0, 0.1) is 0 Å². The predicted octanol–water partition coefficient (Wildman–Crippen LogP) is 4.22. The maximum absolute atomic E-state index is 13.3. The zero-order valence-corrected chi connectivity index (χ0v) is 21.6. The van der Waals surface area contributed by atoms with Crippen LogP contribution in [0.1, 0.15) is 45.1 Å². The number of hydrogen-bond donors (Lipinski definition) is 1. The van der Waals surface area contributed by atoms with Gasteiger partial charge in [0, 0.05) is 31.1 Å². The van der Waals surface area contributed by atoms with E-state index in [2.05, 4.69) is 5.32 Å². The van der Waals surface area contributed by atoms with Gasteiger partial charge in [0.25, 0.3) is 0 Å². The first-order valence-electron chi connectivity index (χ1n) is 11.5. The second kappa shape index (κ2) is 13.3. The summed E-state index contributed by atoms with van der Waals surface area (Å²) in [5.41, 5.74) is 1.30. The SMILES string of the molecule is CCCNC(=O)[C@H](CC)N(Cc1ccccc1Cl)C(=O)CCCN(c1ccccc1)S(C)(=O)=O. The molecule has 9 heteroatoms. The van der Waals surface area contributed by atoms with Gasteiger partial charge in [0.15, 0.2) is 0 Å². The number of para-hydroxylation sites is 1. The maximum Gasteiger partial charge on any atom is 0.242 e. The molecule has 2 aromatic carbocycles. The third-order valence-electron chi connectivity index (χ3n) is 5.43. The summed E-state index contributed by atoms with van der Waals surface area (Å²) >= 11 is 6.34. The Hall–Kier alpha value is -2.58. The number of hydrogen-bond acceptors (Lipinski definition) is 4. The lowest BCUT2D eigenvalue weighted by atomic mass is 10.1. The van der Waals surface area contributed by atoms with Gasteiger partial charge in [-0.25, -0.2) is 8.42 Å². The van der Waals surface area contributed by atoms with Crippen molar-refractivity contribution < 1.29 is 18.0 Å². The number of nitrogens with one attached hydrogen (secondary N) is 1. The second-order valence-electron chi connectivity index (χ2n) is 8.10. The lowest BCUT2D eigenvalue weighted by Gasteiger charge is -2.31. The Bertz CT molecular complexity index is 1050. The molecule has 0 spiro atoms. The maximum atomic E-state index is 13.3. The van der Waals surface area contributed by atoms with E-state index >= 15 is 0 Å². The van der Waals surface area contributed by atoms with Crippen LogP contribution in [0.3, 0.4) is 0 Å². The molecule has 0 saturated carbocycles. The Kier molecular flexibility index (Phi) is 10.9. The van der Waals surface area contributed by atoms with Crippen molar-refractivity contribution in [3.63, 3.8) is 0 Å². The van der Waals surface area contributed by atoms with E-state index < -0.39 is 16.1 Å². The molecule has 1 atom stereocenters.